The summed E-state index contributed by atoms with van der Waals surface area (Å²) in [5.74, 6) is 0. The zero-order valence-corrected chi connectivity index (χ0v) is 12.2. The van der Waals surface area contributed by atoms with Gasteiger partial charge in [-0.1, -0.05) is 12.1 Å². The van der Waals surface area contributed by atoms with Crippen LogP contribution in [-0.2, 0) is 0 Å². The Morgan fingerprint density at radius 1 is 1.00 bits per heavy atom. The maximum Gasteiger partial charge on any atom is 0.129 e. The van der Waals surface area contributed by atoms with Crippen LogP contribution in [0.5, 0.6) is 0 Å². The van der Waals surface area contributed by atoms with E-state index in [4.69, 9.17) is 0 Å². The lowest BCUT2D eigenvalue weighted by Crippen LogP contribution is -2.39. The number of aliphatic imine (C=N–C) groups is 1. The molecule has 0 aliphatic rings. The first-order chi connectivity index (χ1) is 9.64. The van der Waals surface area contributed by atoms with E-state index in [1.54, 1.807) is 6.21 Å². The number of aliphatic hydroxyl groups is 3. The molecule has 112 valence electrons. The van der Waals surface area contributed by atoms with Crippen molar-refractivity contribution in [3.63, 3.8) is 0 Å². The molecule has 0 aliphatic carbocycles. The molecule has 0 aliphatic heterocycles. The van der Waals surface area contributed by atoms with E-state index >= 15 is 0 Å². The van der Waals surface area contributed by atoms with Crippen LogP contribution < -0.4 is 4.90 Å². The Bertz CT molecular complexity index is 401. The minimum atomic E-state index is -1.21. The summed E-state index contributed by atoms with van der Waals surface area (Å²) < 4.78 is 0. The van der Waals surface area contributed by atoms with Crippen LogP contribution in [0.3, 0.4) is 0 Å². The molecule has 0 unspecified atom stereocenters. The summed E-state index contributed by atoms with van der Waals surface area (Å²) in [4.78, 5) is 6.34. The Labute approximate surface area is 120 Å². The van der Waals surface area contributed by atoms with Crippen molar-refractivity contribution in [2.24, 2.45) is 4.99 Å². The first-order valence-corrected chi connectivity index (χ1v) is 6.87. The van der Waals surface area contributed by atoms with Gasteiger partial charge in [-0.25, -0.2) is 0 Å². The number of anilines is 1. The highest BCUT2D eigenvalue weighted by Gasteiger charge is 2.26. The molecule has 0 saturated heterocycles. The number of hydrogen-bond donors (Lipinski definition) is 3. The first-order valence-electron chi connectivity index (χ1n) is 6.87. The summed E-state index contributed by atoms with van der Waals surface area (Å²) in [6, 6.07) is 7.86. The Hall–Kier alpha value is -1.43. The van der Waals surface area contributed by atoms with Crippen LogP contribution in [0.4, 0.5) is 5.69 Å². The molecule has 0 saturated carbocycles. The van der Waals surface area contributed by atoms with E-state index in [-0.39, 0.29) is 0 Å². The summed E-state index contributed by atoms with van der Waals surface area (Å²) in [6.07, 6.45) is 1.56. The average Bonchev–Trinajstić information content (AvgIpc) is 2.52. The van der Waals surface area contributed by atoms with Crippen LogP contribution in [0.15, 0.2) is 29.3 Å². The second kappa shape index (κ2) is 7.99. The Morgan fingerprint density at radius 2 is 1.50 bits per heavy atom. The molecule has 3 N–H and O–H groups in total. The van der Waals surface area contributed by atoms with E-state index in [0.717, 1.165) is 24.3 Å². The predicted molar refractivity (Wildman–Crippen MR) is 81.6 cm³/mol. The molecule has 0 aromatic heterocycles. The lowest BCUT2D eigenvalue weighted by molar-refractivity contribution is 0.0718. The highest BCUT2D eigenvalue weighted by atomic mass is 16.3. The smallest absolute Gasteiger partial charge is 0.129 e. The van der Waals surface area contributed by atoms with Gasteiger partial charge in [0.2, 0.25) is 0 Å². The van der Waals surface area contributed by atoms with Crippen molar-refractivity contribution in [1.29, 1.82) is 0 Å². The van der Waals surface area contributed by atoms with Gasteiger partial charge in [-0.05, 0) is 31.5 Å². The van der Waals surface area contributed by atoms with E-state index in [1.807, 2.05) is 24.3 Å². The molecule has 0 bridgehead atoms. The molecule has 1 aromatic carbocycles. The van der Waals surface area contributed by atoms with Crippen molar-refractivity contribution in [2.75, 3.05) is 37.8 Å². The van der Waals surface area contributed by atoms with Crippen molar-refractivity contribution < 1.29 is 15.3 Å². The van der Waals surface area contributed by atoms with Crippen LogP contribution >= 0.6 is 0 Å². The molecule has 0 heterocycles. The third-order valence-corrected chi connectivity index (χ3v) is 3.39. The zero-order valence-electron chi connectivity index (χ0n) is 12.2. The van der Waals surface area contributed by atoms with E-state index < -0.39 is 25.4 Å². The van der Waals surface area contributed by atoms with Gasteiger partial charge >= 0.3 is 0 Å². The average molecular weight is 280 g/mol. The molecule has 1 aromatic rings. The fourth-order valence-electron chi connectivity index (χ4n) is 1.84. The van der Waals surface area contributed by atoms with Crippen molar-refractivity contribution in [1.82, 2.24) is 0 Å². The molecule has 5 nitrogen and oxygen atoms in total. The van der Waals surface area contributed by atoms with Crippen LogP contribution in [0.1, 0.15) is 19.4 Å². The molecule has 20 heavy (non-hydrogen) atoms. The molecular weight excluding hydrogens is 256 g/mol. The van der Waals surface area contributed by atoms with Crippen molar-refractivity contribution in [2.45, 2.75) is 19.4 Å². The quantitative estimate of drug-likeness (QED) is 0.612. The molecule has 0 amide bonds. The minimum absolute atomic E-state index is 0.395. The highest BCUT2D eigenvalue weighted by Crippen LogP contribution is 2.15. The lowest BCUT2D eigenvalue weighted by atomic mass is 10.0. The van der Waals surface area contributed by atoms with E-state index in [0.29, 0.717) is 0 Å². The van der Waals surface area contributed by atoms with Gasteiger partial charge in [0, 0.05) is 25.0 Å². The number of rotatable bonds is 8. The summed E-state index contributed by atoms with van der Waals surface area (Å²) in [6.45, 7) is 4.93. The van der Waals surface area contributed by atoms with Gasteiger partial charge < -0.3 is 20.2 Å². The Morgan fingerprint density at radius 3 is 1.90 bits per heavy atom. The van der Waals surface area contributed by atoms with Gasteiger partial charge in [0.15, 0.2) is 0 Å². The Kier molecular flexibility index (Phi) is 6.64. The fourth-order valence-corrected chi connectivity index (χ4v) is 1.84. The predicted octanol–water partition coefficient (Wildman–Crippen LogP) is 0.667. The maximum atomic E-state index is 9.19. The van der Waals surface area contributed by atoms with Crippen LogP contribution in [-0.4, -0.2) is 60.0 Å². The molecule has 0 spiro atoms. The first kappa shape index (κ1) is 16.6. The van der Waals surface area contributed by atoms with Crippen molar-refractivity contribution in [3.8, 4) is 0 Å². The van der Waals surface area contributed by atoms with Crippen LogP contribution in [0, 0.1) is 0 Å². The highest BCUT2D eigenvalue weighted by molar-refractivity contribution is 5.80. The summed E-state index contributed by atoms with van der Waals surface area (Å²) in [7, 11) is 0. The van der Waals surface area contributed by atoms with Crippen LogP contribution in [0.2, 0.25) is 0 Å². The van der Waals surface area contributed by atoms with Gasteiger partial charge in [-0.2, -0.15) is 0 Å². The van der Waals surface area contributed by atoms with Gasteiger partial charge in [0.25, 0.3) is 0 Å². The number of aliphatic hydroxyl groups excluding tert-OH is 3. The monoisotopic (exact) mass is 280 g/mol. The number of hydrogen-bond acceptors (Lipinski definition) is 5. The lowest BCUT2D eigenvalue weighted by Gasteiger charge is -2.22. The molecule has 1 rings (SSSR count). The Balaban J connectivity index is 2.84. The standard InChI is InChI=1S/C15H24N2O3/c1-3-17(4-2)14-7-5-13(6-8-14)9-16-15(10-18,11-19)12-20/h5-9,18-20H,3-4,10-12H2,1-2H3. The normalized spacial score (nSPS) is 12.1. The van der Waals surface area contributed by atoms with Crippen LogP contribution in [0.25, 0.3) is 0 Å². The van der Waals surface area contributed by atoms with E-state index in [2.05, 4.69) is 23.7 Å². The van der Waals surface area contributed by atoms with Gasteiger partial charge in [-0.15, -0.1) is 0 Å². The van der Waals surface area contributed by atoms with E-state index in [1.165, 1.54) is 0 Å². The molecule has 5 heteroatoms. The fraction of sp³-hybridized carbons (Fsp3) is 0.533. The summed E-state index contributed by atoms with van der Waals surface area (Å²) in [5, 5.41) is 27.6. The molecular formula is C15H24N2O3. The summed E-state index contributed by atoms with van der Waals surface area (Å²) in [5.41, 5.74) is 0.794. The third kappa shape index (κ3) is 4.03. The van der Waals surface area contributed by atoms with E-state index in [9.17, 15) is 15.3 Å². The second-order valence-electron chi connectivity index (χ2n) is 4.72. The van der Waals surface area contributed by atoms with Crippen molar-refractivity contribution >= 4 is 11.9 Å². The molecule has 0 radical (unpaired) electrons. The summed E-state index contributed by atoms with van der Waals surface area (Å²) >= 11 is 0. The zero-order chi connectivity index (χ0) is 15.0. The van der Waals surface area contributed by atoms with Gasteiger partial charge in [0.1, 0.15) is 5.54 Å². The topological polar surface area (TPSA) is 76.3 Å². The van der Waals surface area contributed by atoms with Gasteiger partial charge in [0.05, 0.1) is 19.8 Å². The largest absolute Gasteiger partial charge is 0.394 e. The third-order valence-electron chi connectivity index (χ3n) is 3.39. The number of nitrogens with zero attached hydrogens (tertiary/aromatic N) is 2. The van der Waals surface area contributed by atoms with Crippen molar-refractivity contribution in [3.05, 3.63) is 29.8 Å². The molecule has 0 atom stereocenters. The second-order valence-corrected chi connectivity index (χ2v) is 4.72. The number of benzene rings is 1. The maximum absolute atomic E-state index is 9.19. The molecule has 0 fully saturated rings. The van der Waals surface area contributed by atoms with Gasteiger partial charge in [-0.3, -0.25) is 4.99 Å². The SMILES string of the molecule is CCN(CC)c1ccc(C=NC(CO)(CO)CO)cc1. The minimum Gasteiger partial charge on any atom is -0.394 e.